The van der Waals surface area contributed by atoms with E-state index < -0.39 is 0 Å². The molecule has 0 aliphatic heterocycles. The van der Waals surface area contributed by atoms with Gasteiger partial charge in [0.15, 0.2) is 5.96 Å². The predicted molar refractivity (Wildman–Crippen MR) is 66.2 cm³/mol. The summed E-state index contributed by atoms with van der Waals surface area (Å²) in [6.45, 7) is 8.65. The Hall–Kier alpha value is -1.52. The molecule has 0 spiro atoms. The largest absolute Gasteiger partial charge is 0.370 e. The molecule has 5 nitrogen and oxygen atoms in total. The van der Waals surface area contributed by atoms with Crippen LogP contribution in [-0.2, 0) is 13.6 Å². The zero-order valence-electron chi connectivity index (χ0n) is 10.7. The molecule has 0 aromatic carbocycles. The zero-order valence-corrected chi connectivity index (χ0v) is 10.7. The molecule has 16 heavy (non-hydrogen) atoms. The van der Waals surface area contributed by atoms with Crippen LogP contribution in [0.15, 0.2) is 11.1 Å². The van der Waals surface area contributed by atoms with Gasteiger partial charge in [0.2, 0.25) is 0 Å². The van der Waals surface area contributed by atoms with Crippen molar-refractivity contribution in [1.82, 2.24) is 15.1 Å². The van der Waals surface area contributed by atoms with Gasteiger partial charge < -0.3 is 11.1 Å². The SMILES string of the molecule is Cc1cc(CN=C(N)NC(C)(C)C)n(C)n1. The third-order valence-corrected chi connectivity index (χ3v) is 2.01. The van der Waals surface area contributed by atoms with Gasteiger partial charge in [-0.3, -0.25) is 4.68 Å². The van der Waals surface area contributed by atoms with Crippen LogP contribution in [0.4, 0.5) is 0 Å². The van der Waals surface area contributed by atoms with E-state index in [-0.39, 0.29) is 5.54 Å². The average Bonchev–Trinajstić information content (AvgIpc) is 2.38. The normalized spacial score (nSPS) is 12.9. The summed E-state index contributed by atoms with van der Waals surface area (Å²) in [5, 5.41) is 7.36. The van der Waals surface area contributed by atoms with Crippen LogP contribution in [0.5, 0.6) is 0 Å². The quantitative estimate of drug-likeness (QED) is 0.579. The van der Waals surface area contributed by atoms with Crippen molar-refractivity contribution >= 4 is 5.96 Å². The van der Waals surface area contributed by atoms with E-state index in [0.29, 0.717) is 12.5 Å². The molecule has 1 heterocycles. The number of guanidine groups is 1. The molecule has 3 N–H and O–H groups in total. The number of hydrogen-bond donors (Lipinski definition) is 2. The third kappa shape index (κ3) is 3.92. The second kappa shape index (κ2) is 4.55. The molecule has 0 bridgehead atoms. The minimum atomic E-state index is -0.0596. The Balaban J connectivity index is 2.62. The molecule has 0 unspecified atom stereocenters. The molecule has 1 aromatic rings. The van der Waals surface area contributed by atoms with Gasteiger partial charge in [0.05, 0.1) is 17.9 Å². The number of aromatic nitrogens is 2. The van der Waals surface area contributed by atoms with E-state index in [0.717, 1.165) is 11.4 Å². The van der Waals surface area contributed by atoms with E-state index >= 15 is 0 Å². The summed E-state index contributed by atoms with van der Waals surface area (Å²) < 4.78 is 1.82. The summed E-state index contributed by atoms with van der Waals surface area (Å²) in [5.41, 5.74) is 7.76. The van der Waals surface area contributed by atoms with E-state index in [1.165, 1.54) is 0 Å². The smallest absolute Gasteiger partial charge is 0.189 e. The molecule has 0 saturated carbocycles. The fourth-order valence-corrected chi connectivity index (χ4v) is 1.40. The molecular formula is C11H21N5. The molecule has 5 heteroatoms. The fraction of sp³-hybridized carbons (Fsp3) is 0.636. The molecular weight excluding hydrogens is 202 g/mol. The topological polar surface area (TPSA) is 68.2 Å². The van der Waals surface area contributed by atoms with Crippen molar-refractivity contribution in [3.8, 4) is 0 Å². The molecule has 90 valence electrons. The van der Waals surface area contributed by atoms with Gasteiger partial charge >= 0.3 is 0 Å². The molecule has 0 aliphatic rings. The molecule has 0 aliphatic carbocycles. The van der Waals surface area contributed by atoms with E-state index in [1.807, 2.05) is 45.5 Å². The molecule has 0 fully saturated rings. The van der Waals surface area contributed by atoms with Crippen LogP contribution < -0.4 is 11.1 Å². The maximum atomic E-state index is 5.77. The van der Waals surface area contributed by atoms with Crippen molar-refractivity contribution in [2.75, 3.05) is 0 Å². The van der Waals surface area contributed by atoms with E-state index in [9.17, 15) is 0 Å². The lowest BCUT2D eigenvalue weighted by atomic mass is 10.1. The lowest BCUT2D eigenvalue weighted by molar-refractivity contribution is 0.508. The van der Waals surface area contributed by atoms with Gasteiger partial charge in [-0.1, -0.05) is 0 Å². The number of rotatable bonds is 2. The highest BCUT2D eigenvalue weighted by Crippen LogP contribution is 2.03. The van der Waals surface area contributed by atoms with Gasteiger partial charge in [0.25, 0.3) is 0 Å². The van der Waals surface area contributed by atoms with Crippen LogP contribution in [-0.4, -0.2) is 21.3 Å². The van der Waals surface area contributed by atoms with Crippen molar-refractivity contribution in [3.63, 3.8) is 0 Å². The van der Waals surface area contributed by atoms with Gasteiger partial charge in [-0.25, -0.2) is 4.99 Å². The number of aryl methyl sites for hydroxylation is 2. The molecule has 0 radical (unpaired) electrons. The molecule has 0 amide bonds. The maximum absolute atomic E-state index is 5.77. The summed E-state index contributed by atoms with van der Waals surface area (Å²) in [6.07, 6.45) is 0. The van der Waals surface area contributed by atoms with Crippen LogP contribution in [0.1, 0.15) is 32.2 Å². The lowest BCUT2D eigenvalue weighted by Crippen LogP contribution is -2.45. The van der Waals surface area contributed by atoms with Gasteiger partial charge in [-0.05, 0) is 33.8 Å². The predicted octanol–water partition coefficient (Wildman–Crippen LogP) is 0.931. The number of aliphatic imine (C=N–C) groups is 1. The van der Waals surface area contributed by atoms with Crippen LogP contribution in [0.3, 0.4) is 0 Å². The number of nitrogens with one attached hydrogen (secondary N) is 1. The Bertz CT molecular complexity index is 384. The van der Waals surface area contributed by atoms with E-state index in [1.54, 1.807) is 0 Å². The second-order valence-electron chi connectivity index (χ2n) is 4.98. The third-order valence-electron chi connectivity index (χ3n) is 2.01. The Morgan fingerprint density at radius 1 is 1.56 bits per heavy atom. The first-order chi connectivity index (χ1) is 7.28. The lowest BCUT2D eigenvalue weighted by Gasteiger charge is -2.20. The summed E-state index contributed by atoms with van der Waals surface area (Å²) in [4.78, 5) is 4.28. The number of hydrogen-bond acceptors (Lipinski definition) is 2. The maximum Gasteiger partial charge on any atom is 0.189 e. The van der Waals surface area contributed by atoms with Crippen LogP contribution in [0.2, 0.25) is 0 Å². The average molecular weight is 223 g/mol. The standard InChI is InChI=1S/C11H21N5/c1-8-6-9(16(5)15-8)7-13-10(12)14-11(2,3)4/h6H,7H2,1-5H3,(H3,12,13,14). The van der Waals surface area contributed by atoms with Crippen molar-refractivity contribution in [2.24, 2.45) is 17.8 Å². The first-order valence-corrected chi connectivity index (χ1v) is 5.35. The molecule has 1 aromatic heterocycles. The first kappa shape index (κ1) is 12.5. The van der Waals surface area contributed by atoms with Crippen molar-refractivity contribution < 1.29 is 0 Å². The van der Waals surface area contributed by atoms with Crippen LogP contribution in [0, 0.1) is 6.92 Å². The Labute approximate surface area is 96.7 Å². The first-order valence-electron chi connectivity index (χ1n) is 5.35. The summed E-state index contributed by atoms with van der Waals surface area (Å²) in [7, 11) is 1.91. The molecule has 0 saturated heterocycles. The minimum Gasteiger partial charge on any atom is -0.370 e. The van der Waals surface area contributed by atoms with Gasteiger partial charge in [0.1, 0.15) is 0 Å². The monoisotopic (exact) mass is 223 g/mol. The van der Waals surface area contributed by atoms with Gasteiger partial charge in [0, 0.05) is 12.6 Å². The summed E-state index contributed by atoms with van der Waals surface area (Å²) in [5.74, 6) is 0.464. The Morgan fingerprint density at radius 2 is 2.19 bits per heavy atom. The van der Waals surface area contributed by atoms with Crippen LogP contribution in [0.25, 0.3) is 0 Å². The highest BCUT2D eigenvalue weighted by Gasteiger charge is 2.09. The summed E-state index contributed by atoms with van der Waals surface area (Å²) >= 11 is 0. The van der Waals surface area contributed by atoms with E-state index in [2.05, 4.69) is 15.4 Å². The highest BCUT2D eigenvalue weighted by molar-refractivity contribution is 5.78. The van der Waals surface area contributed by atoms with Gasteiger partial charge in [-0.15, -0.1) is 0 Å². The molecule has 1 rings (SSSR count). The second-order valence-corrected chi connectivity index (χ2v) is 4.98. The number of nitrogens with two attached hydrogens (primary N) is 1. The number of nitrogens with zero attached hydrogens (tertiary/aromatic N) is 3. The van der Waals surface area contributed by atoms with Crippen molar-refractivity contribution in [3.05, 3.63) is 17.5 Å². The zero-order chi connectivity index (χ0) is 12.3. The van der Waals surface area contributed by atoms with E-state index in [4.69, 9.17) is 5.73 Å². The van der Waals surface area contributed by atoms with Crippen molar-refractivity contribution in [1.29, 1.82) is 0 Å². The molecule has 0 atom stereocenters. The minimum absolute atomic E-state index is 0.0596. The summed E-state index contributed by atoms with van der Waals surface area (Å²) in [6, 6.07) is 2.01. The van der Waals surface area contributed by atoms with Crippen LogP contribution >= 0.6 is 0 Å². The Morgan fingerprint density at radius 3 is 2.62 bits per heavy atom. The Kier molecular flexibility index (Phi) is 3.57. The van der Waals surface area contributed by atoms with Crippen molar-refractivity contribution in [2.45, 2.75) is 39.8 Å². The fourth-order valence-electron chi connectivity index (χ4n) is 1.40. The highest BCUT2D eigenvalue weighted by atomic mass is 15.3. The van der Waals surface area contributed by atoms with Gasteiger partial charge in [-0.2, -0.15) is 5.10 Å².